The van der Waals surface area contributed by atoms with Crippen LogP contribution in [-0.2, 0) is 0 Å². The van der Waals surface area contributed by atoms with Gasteiger partial charge in [0.25, 0.3) is 0 Å². The normalized spacial score (nSPS) is 16.9. The van der Waals surface area contributed by atoms with Gasteiger partial charge < -0.3 is 20.6 Å². The second-order valence-corrected chi connectivity index (χ2v) is 9.22. The second-order valence-electron chi connectivity index (χ2n) is 9.22. The zero-order chi connectivity index (χ0) is 23.6. The zero-order valence-corrected chi connectivity index (χ0v) is 19.6. The fourth-order valence-electron chi connectivity index (χ4n) is 4.77. The van der Waals surface area contributed by atoms with Crippen LogP contribution in [0.2, 0.25) is 0 Å². The molecule has 4 aromatic rings. The van der Waals surface area contributed by atoms with Crippen LogP contribution in [0.4, 0.5) is 11.6 Å². The molecule has 1 aliphatic carbocycles. The number of aromatic nitrogens is 4. The molecule has 0 spiro atoms. The minimum atomic E-state index is -0.252. The van der Waals surface area contributed by atoms with E-state index in [0.29, 0.717) is 17.6 Å². The van der Waals surface area contributed by atoms with Crippen molar-refractivity contribution in [2.45, 2.75) is 24.8 Å². The molecule has 178 valence electrons. The summed E-state index contributed by atoms with van der Waals surface area (Å²) in [6.45, 7) is 3.67. The van der Waals surface area contributed by atoms with Crippen LogP contribution in [0.15, 0.2) is 61.1 Å². The molecule has 0 radical (unpaired) electrons. The topological polar surface area (TPSA) is 99.1 Å². The van der Waals surface area contributed by atoms with Crippen molar-refractivity contribution in [1.82, 2.24) is 25.3 Å². The third kappa shape index (κ3) is 4.54. The molecule has 0 amide bonds. The summed E-state index contributed by atoms with van der Waals surface area (Å²) in [6, 6.07) is 13.5. The molecule has 8 nitrogen and oxygen atoms in total. The Balaban J connectivity index is 1.40. The standard InChI is InChI=1S/C27H29N7O/c35-17-23(19-4-2-1-3-5-19)31-24-14-20(8-9-30-24)26-32-22-16-29-15-21(18-6-7-18)25(22)27(33-26)34-12-10-28-11-13-34/h1-5,8-9,14-16,18,23,28,35H,6-7,10-13,17H2,(H,30,31)/t23-/m1/s1. The highest BCUT2D eigenvalue weighted by Crippen LogP contribution is 2.44. The number of piperazine rings is 1. The van der Waals surface area contributed by atoms with Crippen molar-refractivity contribution in [1.29, 1.82) is 0 Å². The predicted octanol–water partition coefficient (Wildman–Crippen LogP) is 3.52. The quantitative estimate of drug-likeness (QED) is 0.380. The average molecular weight is 468 g/mol. The number of nitrogens with zero attached hydrogens (tertiary/aromatic N) is 5. The summed E-state index contributed by atoms with van der Waals surface area (Å²) >= 11 is 0. The lowest BCUT2D eigenvalue weighted by atomic mass is 10.1. The number of benzene rings is 1. The number of rotatable bonds is 7. The van der Waals surface area contributed by atoms with Crippen LogP contribution in [-0.4, -0.2) is 57.8 Å². The SMILES string of the molecule is OC[C@@H](Nc1cc(-c2nc(N3CCNCC3)c3c(C4CC4)cncc3n2)ccn1)c1ccccc1. The molecule has 1 atom stereocenters. The molecule has 6 rings (SSSR count). The van der Waals surface area contributed by atoms with Crippen LogP contribution >= 0.6 is 0 Å². The number of aliphatic hydroxyl groups excluding tert-OH is 1. The van der Waals surface area contributed by atoms with E-state index >= 15 is 0 Å². The van der Waals surface area contributed by atoms with E-state index in [1.54, 1.807) is 6.20 Å². The summed E-state index contributed by atoms with van der Waals surface area (Å²) < 4.78 is 0. The van der Waals surface area contributed by atoms with Crippen LogP contribution in [0.25, 0.3) is 22.3 Å². The molecule has 35 heavy (non-hydrogen) atoms. The molecule has 1 saturated carbocycles. The highest BCUT2D eigenvalue weighted by molar-refractivity contribution is 5.94. The summed E-state index contributed by atoms with van der Waals surface area (Å²) in [4.78, 5) is 21.4. The molecule has 1 saturated heterocycles. The van der Waals surface area contributed by atoms with Crippen molar-refractivity contribution < 1.29 is 5.11 Å². The van der Waals surface area contributed by atoms with Crippen LogP contribution in [0, 0.1) is 0 Å². The maximum atomic E-state index is 9.97. The van der Waals surface area contributed by atoms with Gasteiger partial charge in [-0.2, -0.15) is 0 Å². The van der Waals surface area contributed by atoms with Gasteiger partial charge in [-0.3, -0.25) is 4.98 Å². The van der Waals surface area contributed by atoms with Crippen LogP contribution in [0.1, 0.15) is 35.9 Å². The molecule has 8 heteroatoms. The highest BCUT2D eigenvalue weighted by Gasteiger charge is 2.29. The Morgan fingerprint density at radius 2 is 1.89 bits per heavy atom. The van der Waals surface area contributed by atoms with E-state index in [1.807, 2.05) is 54.9 Å². The molecule has 4 heterocycles. The van der Waals surface area contributed by atoms with Gasteiger partial charge in [0.15, 0.2) is 5.82 Å². The van der Waals surface area contributed by atoms with Gasteiger partial charge in [0, 0.05) is 49.5 Å². The van der Waals surface area contributed by atoms with E-state index in [-0.39, 0.29) is 12.6 Å². The maximum Gasteiger partial charge on any atom is 0.162 e. The molecule has 3 aromatic heterocycles. The second kappa shape index (κ2) is 9.56. The van der Waals surface area contributed by atoms with Crippen LogP contribution in [0.3, 0.4) is 0 Å². The van der Waals surface area contributed by atoms with Gasteiger partial charge in [0.05, 0.1) is 24.4 Å². The van der Waals surface area contributed by atoms with Gasteiger partial charge in [0.1, 0.15) is 11.6 Å². The van der Waals surface area contributed by atoms with Crippen LogP contribution in [0.5, 0.6) is 0 Å². The number of nitrogens with one attached hydrogen (secondary N) is 2. The van der Waals surface area contributed by atoms with Crippen molar-refractivity contribution in [3.63, 3.8) is 0 Å². The Morgan fingerprint density at radius 1 is 1.06 bits per heavy atom. The first kappa shape index (κ1) is 21.9. The number of pyridine rings is 2. The van der Waals surface area contributed by atoms with Crippen molar-refractivity contribution in [3.05, 3.63) is 72.2 Å². The monoisotopic (exact) mass is 467 g/mol. The fraction of sp³-hybridized carbons (Fsp3) is 0.333. The number of hydrogen-bond donors (Lipinski definition) is 3. The summed E-state index contributed by atoms with van der Waals surface area (Å²) in [5.74, 6) is 2.89. The first-order valence-corrected chi connectivity index (χ1v) is 12.3. The van der Waals surface area contributed by atoms with Crippen molar-refractivity contribution in [2.24, 2.45) is 0 Å². The number of fused-ring (bicyclic) bond motifs is 1. The molecule has 3 N–H and O–H groups in total. The van der Waals surface area contributed by atoms with E-state index in [0.717, 1.165) is 54.0 Å². The van der Waals surface area contributed by atoms with Gasteiger partial charge >= 0.3 is 0 Å². The lowest BCUT2D eigenvalue weighted by molar-refractivity contribution is 0.276. The van der Waals surface area contributed by atoms with Gasteiger partial charge in [0.2, 0.25) is 0 Å². The molecule has 0 unspecified atom stereocenters. The summed E-state index contributed by atoms with van der Waals surface area (Å²) in [5, 5.41) is 17.9. The number of anilines is 2. The Labute approximate surface area is 204 Å². The number of hydrogen-bond acceptors (Lipinski definition) is 8. The van der Waals surface area contributed by atoms with Gasteiger partial charge in [-0.1, -0.05) is 30.3 Å². The largest absolute Gasteiger partial charge is 0.394 e. The van der Waals surface area contributed by atoms with Gasteiger partial charge in [-0.05, 0) is 42.0 Å². The Morgan fingerprint density at radius 3 is 2.66 bits per heavy atom. The molecule has 1 aromatic carbocycles. The minimum Gasteiger partial charge on any atom is -0.394 e. The first-order chi connectivity index (χ1) is 17.3. The molecule has 2 fully saturated rings. The van der Waals surface area contributed by atoms with Crippen molar-refractivity contribution in [3.8, 4) is 11.4 Å². The molecule has 1 aliphatic heterocycles. The third-order valence-corrected chi connectivity index (χ3v) is 6.78. The Bertz CT molecular complexity index is 1320. The van der Waals surface area contributed by atoms with Crippen molar-refractivity contribution >= 4 is 22.5 Å². The van der Waals surface area contributed by atoms with E-state index in [9.17, 15) is 5.11 Å². The van der Waals surface area contributed by atoms with E-state index in [1.165, 1.54) is 18.4 Å². The summed E-state index contributed by atoms with van der Waals surface area (Å²) in [5.41, 5.74) is 4.04. The van der Waals surface area contributed by atoms with E-state index in [4.69, 9.17) is 9.97 Å². The number of aliphatic hydroxyl groups is 1. The Kier molecular flexibility index (Phi) is 5.98. The fourth-order valence-corrected chi connectivity index (χ4v) is 4.77. The summed E-state index contributed by atoms with van der Waals surface area (Å²) in [7, 11) is 0. The highest BCUT2D eigenvalue weighted by atomic mass is 16.3. The lowest BCUT2D eigenvalue weighted by Crippen LogP contribution is -2.44. The molecule has 0 bridgehead atoms. The molecule has 2 aliphatic rings. The predicted molar refractivity (Wildman–Crippen MR) is 138 cm³/mol. The summed E-state index contributed by atoms with van der Waals surface area (Å²) in [6.07, 6.45) is 8.03. The lowest BCUT2D eigenvalue weighted by Gasteiger charge is -2.30. The van der Waals surface area contributed by atoms with Crippen molar-refractivity contribution in [2.75, 3.05) is 43.0 Å². The van der Waals surface area contributed by atoms with E-state index < -0.39 is 0 Å². The zero-order valence-electron chi connectivity index (χ0n) is 19.6. The minimum absolute atomic E-state index is 0.0366. The van der Waals surface area contributed by atoms with Gasteiger partial charge in [-0.25, -0.2) is 15.0 Å². The molecular formula is C27H29N7O. The first-order valence-electron chi connectivity index (χ1n) is 12.3. The van der Waals surface area contributed by atoms with Crippen LogP contribution < -0.4 is 15.5 Å². The smallest absolute Gasteiger partial charge is 0.162 e. The van der Waals surface area contributed by atoms with E-state index in [2.05, 4.69) is 25.5 Å². The maximum absolute atomic E-state index is 9.97. The van der Waals surface area contributed by atoms with Gasteiger partial charge in [-0.15, -0.1) is 0 Å². The average Bonchev–Trinajstić information content (AvgIpc) is 3.77. The molecular weight excluding hydrogens is 438 g/mol. The third-order valence-electron chi connectivity index (χ3n) is 6.78. The Hall–Kier alpha value is -3.62.